The molecule has 75 heavy (non-hydrogen) atoms. The Morgan fingerprint density at radius 2 is 0.653 bits per heavy atom. The molecule has 2 heterocycles. The van der Waals surface area contributed by atoms with Gasteiger partial charge in [-0.25, -0.2) is 0 Å². The number of benzene rings is 10. The minimum atomic E-state index is -1.40. The van der Waals surface area contributed by atoms with Crippen molar-refractivity contribution < 1.29 is 0 Å². The summed E-state index contributed by atoms with van der Waals surface area (Å²) in [6.07, 6.45) is 10.2. The molecule has 0 unspecified atom stereocenters. The van der Waals surface area contributed by atoms with Crippen LogP contribution in [0.3, 0.4) is 0 Å². The third-order valence-electron chi connectivity index (χ3n) is 18.8. The first-order valence-corrected chi connectivity index (χ1v) is 31.7. The lowest BCUT2D eigenvalue weighted by Gasteiger charge is -2.32. The molecule has 0 N–H and O–H groups in total. The van der Waals surface area contributed by atoms with E-state index in [0.29, 0.717) is 0 Å². The smallest absolute Gasteiger partial charge is 0.0171 e. The van der Waals surface area contributed by atoms with Crippen LogP contribution in [0, 0.1) is 5.41 Å². The molecule has 0 spiro atoms. The summed E-state index contributed by atoms with van der Waals surface area (Å²) in [5, 5.41) is 5.34. The van der Waals surface area contributed by atoms with E-state index in [4.69, 9.17) is 0 Å². The summed E-state index contributed by atoms with van der Waals surface area (Å²) >= 11 is 0. The van der Waals surface area contributed by atoms with Gasteiger partial charge in [0.2, 0.25) is 0 Å². The fourth-order valence-electron chi connectivity index (χ4n) is 15.0. The molecule has 0 atom stereocenters. The van der Waals surface area contributed by atoms with Crippen molar-refractivity contribution in [1.82, 2.24) is 0 Å². The molecular formula is C73H62S2. The molecular weight excluding hydrogens is 941 g/mol. The molecule has 2 heteroatoms. The number of fused-ring (bicyclic) bond motifs is 16. The third-order valence-corrected chi connectivity index (χ3v) is 24.5. The van der Waals surface area contributed by atoms with Crippen molar-refractivity contribution in [2.24, 2.45) is 5.41 Å². The number of hydrogen-bond acceptors (Lipinski definition) is 0. The maximum atomic E-state index is 2.63. The Bertz CT molecular complexity index is 4010. The highest BCUT2D eigenvalue weighted by atomic mass is 32.3. The Balaban J connectivity index is 0.899. The van der Waals surface area contributed by atoms with Crippen LogP contribution in [0.2, 0.25) is 0 Å². The lowest BCUT2D eigenvalue weighted by molar-refractivity contribution is 0.660. The second-order valence-corrected chi connectivity index (χ2v) is 31.5. The molecule has 0 radical (unpaired) electrons. The summed E-state index contributed by atoms with van der Waals surface area (Å²) in [5.74, 6) is 0. The van der Waals surface area contributed by atoms with Crippen LogP contribution in [0.1, 0.15) is 86.1 Å². The molecule has 366 valence electrons. The maximum Gasteiger partial charge on any atom is 0.0171 e. The molecule has 0 amide bonds. The number of hydrogen-bond donors (Lipinski definition) is 0. The van der Waals surface area contributed by atoms with Gasteiger partial charge >= 0.3 is 0 Å². The zero-order valence-electron chi connectivity index (χ0n) is 44.8. The first-order chi connectivity index (χ1) is 36.0. The molecule has 2 aliphatic heterocycles. The average molecular weight is 1000 g/mol. The molecule has 10 aromatic carbocycles. The number of rotatable bonds is 4. The molecule has 15 rings (SSSR count). The Morgan fingerprint density at radius 3 is 1.07 bits per heavy atom. The van der Waals surface area contributed by atoms with Crippen molar-refractivity contribution in [2.45, 2.75) is 72.0 Å². The zero-order chi connectivity index (χ0) is 51.3. The lowest BCUT2D eigenvalue weighted by atomic mass is 9.74. The molecule has 0 nitrogen and oxygen atoms in total. The van der Waals surface area contributed by atoms with Gasteiger partial charge in [0, 0.05) is 35.8 Å². The highest BCUT2D eigenvalue weighted by Crippen LogP contribution is 2.73. The second kappa shape index (κ2) is 15.1. The summed E-state index contributed by atoms with van der Waals surface area (Å²) in [6.45, 7) is 14.7. The van der Waals surface area contributed by atoms with Gasteiger partial charge in [-0.05, 0) is 194 Å². The molecule has 0 saturated carbocycles. The van der Waals surface area contributed by atoms with Gasteiger partial charge in [0.1, 0.15) is 0 Å². The highest BCUT2D eigenvalue weighted by Gasteiger charge is 2.46. The predicted octanol–water partition coefficient (Wildman–Crippen LogP) is 20.1. The largest absolute Gasteiger partial charge is 0.192 e. The standard InChI is InChI=1S/C73H62S2/c1-71(2)57-35-31-43-21-17-19-27-49(43)67(57)55-41-63-53(39-59(55)71)51-33-29-47(37-61(51)74(63,7)8)69-65(45-23-13-11-14-24-45)66(46-25-15-12-16-26-46)70(73(69,5)6)48-30-34-52-54-40-60-56(42-64(54)75(9,10)62(52)38-48)68-50-28-20-18-22-44(50)32-36-58(68)72(60,3)4/h11-42H,1-10H3. The van der Waals surface area contributed by atoms with E-state index in [2.05, 4.69) is 261 Å². The topological polar surface area (TPSA) is 0 Å². The average Bonchev–Trinajstić information content (AvgIpc) is 4.22. The molecule has 0 bridgehead atoms. The molecule has 0 saturated heterocycles. The Hall–Kier alpha value is -7.10. The minimum absolute atomic E-state index is 0.0966. The van der Waals surface area contributed by atoms with Crippen LogP contribution in [0.4, 0.5) is 0 Å². The van der Waals surface area contributed by atoms with Crippen LogP contribution in [0.15, 0.2) is 214 Å². The van der Waals surface area contributed by atoms with Gasteiger partial charge in [-0.1, -0.05) is 199 Å². The van der Waals surface area contributed by atoms with E-state index in [-0.39, 0.29) is 16.2 Å². The van der Waals surface area contributed by atoms with E-state index in [1.807, 2.05) is 0 Å². The van der Waals surface area contributed by atoms with E-state index in [1.54, 1.807) is 0 Å². The van der Waals surface area contributed by atoms with Crippen molar-refractivity contribution in [1.29, 1.82) is 0 Å². The van der Waals surface area contributed by atoms with Gasteiger partial charge in [0.25, 0.3) is 0 Å². The van der Waals surface area contributed by atoms with Crippen LogP contribution in [-0.4, -0.2) is 25.0 Å². The summed E-state index contributed by atoms with van der Waals surface area (Å²) in [5.41, 5.74) is 27.2. The summed E-state index contributed by atoms with van der Waals surface area (Å²) in [7, 11) is -2.80. The molecule has 10 aromatic rings. The molecule has 3 aliphatic carbocycles. The van der Waals surface area contributed by atoms with E-state index in [0.717, 1.165) is 0 Å². The van der Waals surface area contributed by atoms with Crippen LogP contribution < -0.4 is 0 Å². The fraction of sp³-hybridized carbons (Fsp3) is 0.178. The Morgan fingerprint density at radius 1 is 0.280 bits per heavy atom. The molecule has 0 fully saturated rings. The van der Waals surface area contributed by atoms with Gasteiger partial charge in [-0.15, -0.1) is 0 Å². The van der Waals surface area contributed by atoms with Crippen molar-refractivity contribution in [3.8, 4) is 44.5 Å². The zero-order valence-corrected chi connectivity index (χ0v) is 46.4. The van der Waals surface area contributed by atoms with Crippen LogP contribution in [-0.2, 0) is 10.8 Å². The van der Waals surface area contributed by atoms with Crippen molar-refractivity contribution in [3.05, 3.63) is 239 Å². The van der Waals surface area contributed by atoms with Gasteiger partial charge in [0.15, 0.2) is 0 Å². The number of allylic oxidation sites excluding steroid dienone is 4. The fourth-order valence-corrected chi connectivity index (χ4v) is 20.0. The van der Waals surface area contributed by atoms with Crippen LogP contribution in [0.25, 0.3) is 88.3 Å². The predicted molar refractivity (Wildman–Crippen MR) is 326 cm³/mol. The van der Waals surface area contributed by atoms with Crippen LogP contribution >= 0.6 is 20.1 Å². The van der Waals surface area contributed by atoms with Gasteiger partial charge in [-0.2, -0.15) is 20.1 Å². The first-order valence-electron chi connectivity index (χ1n) is 26.8. The van der Waals surface area contributed by atoms with E-state index >= 15 is 0 Å². The third kappa shape index (κ3) is 5.88. The lowest BCUT2D eigenvalue weighted by Crippen LogP contribution is -2.15. The van der Waals surface area contributed by atoms with Crippen molar-refractivity contribution in [2.75, 3.05) is 25.0 Å². The van der Waals surface area contributed by atoms with Gasteiger partial charge in [0.05, 0.1) is 0 Å². The second-order valence-electron chi connectivity index (χ2n) is 24.4. The molecule has 0 aromatic heterocycles. The monoisotopic (exact) mass is 1000 g/mol. The maximum absolute atomic E-state index is 2.63. The Labute approximate surface area is 446 Å². The summed E-state index contributed by atoms with van der Waals surface area (Å²) < 4.78 is 0. The van der Waals surface area contributed by atoms with Gasteiger partial charge < -0.3 is 0 Å². The van der Waals surface area contributed by atoms with E-state index in [1.165, 1.54) is 152 Å². The first kappa shape index (κ1) is 45.3. The van der Waals surface area contributed by atoms with Crippen molar-refractivity contribution >= 4 is 63.9 Å². The van der Waals surface area contributed by atoms with E-state index < -0.39 is 20.1 Å². The summed E-state index contributed by atoms with van der Waals surface area (Å²) in [6, 6.07) is 75.6. The minimum Gasteiger partial charge on any atom is -0.192 e. The SMILES string of the molecule is CC1(C)C(c2ccc3c(c2)S(C)(C)c2cc4c(cc2-3)C(C)(C)c2ccc3ccccc3c2-4)=C(c2ccccc2)C(c2ccccc2)=C1c1ccc2c(c1)S(C)(C)c1cc3c(cc1-2)C(C)(C)c1ccc2ccccc2c1-3. The quantitative estimate of drug-likeness (QED) is 0.165. The normalized spacial score (nSPS) is 18.7. The molecule has 5 aliphatic rings. The van der Waals surface area contributed by atoms with Crippen LogP contribution in [0.5, 0.6) is 0 Å². The van der Waals surface area contributed by atoms with Crippen molar-refractivity contribution in [3.63, 3.8) is 0 Å². The highest BCUT2D eigenvalue weighted by molar-refractivity contribution is 8.33. The van der Waals surface area contributed by atoms with Gasteiger partial charge in [-0.3, -0.25) is 0 Å². The Kier molecular flexibility index (Phi) is 9.10. The van der Waals surface area contributed by atoms with E-state index in [9.17, 15) is 0 Å². The summed E-state index contributed by atoms with van der Waals surface area (Å²) in [4.78, 5) is 6.00.